The second kappa shape index (κ2) is 7.04. The van der Waals surface area contributed by atoms with E-state index in [1.165, 1.54) is 24.3 Å². The molecule has 1 heterocycles. The highest BCUT2D eigenvalue weighted by atomic mass is 35.5. The summed E-state index contributed by atoms with van der Waals surface area (Å²) in [6.45, 7) is 3.58. The second-order valence-corrected chi connectivity index (χ2v) is 5.68. The Bertz CT molecular complexity index is 732. The number of nitrogens with one attached hydrogen (secondary N) is 2. The van der Waals surface area contributed by atoms with E-state index in [-0.39, 0.29) is 28.3 Å². The number of nitrogens with zero attached hydrogens (tertiary/aromatic N) is 2. The predicted octanol–water partition coefficient (Wildman–Crippen LogP) is 4.03. The van der Waals surface area contributed by atoms with Gasteiger partial charge >= 0.3 is 6.18 Å². The van der Waals surface area contributed by atoms with Gasteiger partial charge in [0.25, 0.3) is 5.91 Å². The highest BCUT2D eigenvalue weighted by Crippen LogP contribution is 2.37. The maximum absolute atomic E-state index is 13.0. The van der Waals surface area contributed by atoms with E-state index in [1.807, 2.05) is 0 Å². The first-order valence-electron chi connectivity index (χ1n) is 6.95. The summed E-state index contributed by atoms with van der Waals surface area (Å²) in [4.78, 5) is 11.8. The monoisotopic (exact) mass is 358 g/mol. The Morgan fingerprint density at radius 3 is 2.42 bits per heavy atom. The lowest BCUT2D eigenvalue weighted by Crippen LogP contribution is -2.30. The number of carbonyl (C=O) groups is 1. The van der Waals surface area contributed by atoms with Crippen LogP contribution < -0.4 is 10.6 Å². The Balaban J connectivity index is 2.22. The van der Waals surface area contributed by atoms with E-state index in [0.717, 1.165) is 6.07 Å². The maximum Gasteiger partial charge on any atom is 0.418 e. The first-order valence-corrected chi connectivity index (χ1v) is 7.33. The maximum atomic E-state index is 13.0. The molecular formula is C15H14ClF3N4O. The molecule has 0 unspecified atom stereocenters. The normalized spacial score (nSPS) is 11.5. The smallest absolute Gasteiger partial charge is 0.348 e. The van der Waals surface area contributed by atoms with Crippen LogP contribution in [0.5, 0.6) is 0 Å². The van der Waals surface area contributed by atoms with E-state index < -0.39 is 17.6 Å². The van der Waals surface area contributed by atoms with Crippen LogP contribution in [0.4, 0.5) is 24.7 Å². The molecule has 0 aliphatic heterocycles. The van der Waals surface area contributed by atoms with Gasteiger partial charge in [-0.3, -0.25) is 4.79 Å². The molecule has 1 aromatic carbocycles. The van der Waals surface area contributed by atoms with Crippen LogP contribution in [0, 0.1) is 0 Å². The first-order chi connectivity index (χ1) is 11.2. The molecule has 5 nitrogen and oxygen atoms in total. The summed E-state index contributed by atoms with van der Waals surface area (Å²) in [5.74, 6) is -0.338. The van der Waals surface area contributed by atoms with Crippen molar-refractivity contribution in [2.24, 2.45) is 0 Å². The average molecular weight is 359 g/mol. The van der Waals surface area contributed by atoms with Gasteiger partial charge in [-0.25, -0.2) is 0 Å². The molecule has 0 bridgehead atoms. The van der Waals surface area contributed by atoms with Crippen LogP contribution in [-0.2, 0) is 6.18 Å². The molecule has 2 N–H and O–H groups in total. The summed E-state index contributed by atoms with van der Waals surface area (Å²) < 4.78 is 39.1. The van der Waals surface area contributed by atoms with Crippen LogP contribution in [-0.4, -0.2) is 22.1 Å². The Labute approximate surface area is 141 Å². The molecule has 1 aromatic heterocycles. The molecule has 0 atom stereocenters. The van der Waals surface area contributed by atoms with Gasteiger partial charge in [-0.2, -0.15) is 13.2 Å². The van der Waals surface area contributed by atoms with Crippen LogP contribution in [0.15, 0.2) is 30.3 Å². The van der Waals surface area contributed by atoms with Crippen LogP contribution in [0.3, 0.4) is 0 Å². The van der Waals surface area contributed by atoms with Gasteiger partial charge in [-0.1, -0.05) is 11.6 Å². The van der Waals surface area contributed by atoms with E-state index in [2.05, 4.69) is 20.8 Å². The highest BCUT2D eigenvalue weighted by molar-refractivity contribution is 6.30. The number of alkyl halides is 3. The molecule has 1 amide bonds. The molecule has 2 rings (SSSR count). The van der Waals surface area contributed by atoms with Crippen molar-refractivity contribution < 1.29 is 18.0 Å². The van der Waals surface area contributed by atoms with Gasteiger partial charge in [0.1, 0.15) is 0 Å². The van der Waals surface area contributed by atoms with Crippen LogP contribution in [0.25, 0.3) is 0 Å². The molecule has 9 heteroatoms. The van der Waals surface area contributed by atoms with E-state index in [0.29, 0.717) is 0 Å². The number of benzene rings is 1. The molecule has 0 fully saturated rings. The van der Waals surface area contributed by atoms with Gasteiger partial charge in [0.2, 0.25) is 0 Å². The van der Waals surface area contributed by atoms with Gasteiger partial charge in [0.05, 0.1) is 11.3 Å². The van der Waals surface area contributed by atoms with E-state index in [4.69, 9.17) is 11.6 Å². The highest BCUT2D eigenvalue weighted by Gasteiger charge is 2.34. The van der Waals surface area contributed by atoms with E-state index in [1.54, 1.807) is 13.8 Å². The van der Waals surface area contributed by atoms with Crippen molar-refractivity contribution in [3.05, 3.63) is 46.6 Å². The van der Waals surface area contributed by atoms with Crippen molar-refractivity contribution in [2.45, 2.75) is 26.1 Å². The number of rotatable bonds is 4. The number of hydrogen-bond donors (Lipinski definition) is 2. The molecular weight excluding hydrogens is 345 g/mol. The third-order valence-electron chi connectivity index (χ3n) is 2.87. The lowest BCUT2D eigenvalue weighted by Gasteiger charge is -2.14. The van der Waals surface area contributed by atoms with Gasteiger partial charge in [0, 0.05) is 11.1 Å². The lowest BCUT2D eigenvalue weighted by atomic mass is 10.1. The zero-order chi connectivity index (χ0) is 17.9. The van der Waals surface area contributed by atoms with Crippen molar-refractivity contribution >= 4 is 29.0 Å². The minimum Gasteiger partial charge on any atom is -0.348 e. The van der Waals surface area contributed by atoms with Crippen molar-refractivity contribution in [1.82, 2.24) is 15.5 Å². The Kier molecular flexibility index (Phi) is 5.28. The topological polar surface area (TPSA) is 66.9 Å². The molecule has 128 valence electrons. The zero-order valence-electron chi connectivity index (χ0n) is 12.8. The summed E-state index contributed by atoms with van der Waals surface area (Å²) in [5.41, 5.74) is -1.06. The van der Waals surface area contributed by atoms with E-state index >= 15 is 0 Å². The first kappa shape index (κ1) is 18.0. The second-order valence-electron chi connectivity index (χ2n) is 5.24. The number of carbonyl (C=O) groups excluding carboxylic acids is 1. The number of hydrogen-bond acceptors (Lipinski definition) is 4. The third kappa shape index (κ3) is 4.58. The van der Waals surface area contributed by atoms with Crippen molar-refractivity contribution in [3.8, 4) is 0 Å². The number of anilines is 2. The summed E-state index contributed by atoms with van der Waals surface area (Å²) >= 11 is 5.62. The lowest BCUT2D eigenvalue weighted by molar-refractivity contribution is -0.136. The average Bonchev–Trinajstić information content (AvgIpc) is 2.48. The molecule has 0 spiro atoms. The van der Waals surface area contributed by atoms with Crippen molar-refractivity contribution in [2.75, 3.05) is 5.32 Å². The summed E-state index contributed by atoms with van der Waals surface area (Å²) in [7, 11) is 0. The zero-order valence-corrected chi connectivity index (χ0v) is 13.5. The molecule has 0 radical (unpaired) electrons. The summed E-state index contributed by atoms with van der Waals surface area (Å²) in [6.07, 6.45) is -4.57. The molecule has 0 aliphatic carbocycles. The quantitative estimate of drug-likeness (QED) is 0.866. The number of aromatic nitrogens is 2. The van der Waals surface area contributed by atoms with Gasteiger partial charge in [-0.15, -0.1) is 10.2 Å². The minimum absolute atomic E-state index is 0.0281. The Morgan fingerprint density at radius 2 is 1.88 bits per heavy atom. The summed E-state index contributed by atoms with van der Waals surface area (Å²) in [6, 6.07) is 6.03. The standard InChI is InChI=1S/C15H14ClF3N4O/c1-8(2)20-14(24)12-5-6-13(23-22-12)21-11-4-3-9(16)7-10(11)15(17,18)19/h3-8H,1-2H3,(H,20,24)(H,21,23). The molecule has 0 saturated heterocycles. The van der Waals surface area contributed by atoms with Gasteiger partial charge in [0.15, 0.2) is 11.5 Å². The predicted molar refractivity (Wildman–Crippen MR) is 84.4 cm³/mol. The van der Waals surface area contributed by atoms with E-state index in [9.17, 15) is 18.0 Å². The molecule has 0 saturated carbocycles. The number of halogens is 4. The Hall–Kier alpha value is -2.35. The van der Waals surface area contributed by atoms with Crippen LogP contribution in [0.1, 0.15) is 29.9 Å². The fourth-order valence-electron chi connectivity index (χ4n) is 1.85. The van der Waals surface area contributed by atoms with Crippen LogP contribution >= 0.6 is 11.6 Å². The minimum atomic E-state index is -4.57. The van der Waals surface area contributed by atoms with Crippen molar-refractivity contribution in [1.29, 1.82) is 0 Å². The SMILES string of the molecule is CC(C)NC(=O)c1ccc(Nc2ccc(Cl)cc2C(F)(F)F)nn1. The van der Waals surface area contributed by atoms with Crippen LogP contribution in [0.2, 0.25) is 5.02 Å². The number of amides is 1. The molecule has 0 aliphatic rings. The third-order valence-corrected chi connectivity index (χ3v) is 3.10. The van der Waals surface area contributed by atoms with Gasteiger partial charge in [-0.05, 0) is 44.2 Å². The Morgan fingerprint density at radius 1 is 1.17 bits per heavy atom. The largest absolute Gasteiger partial charge is 0.418 e. The fourth-order valence-corrected chi connectivity index (χ4v) is 2.03. The van der Waals surface area contributed by atoms with Gasteiger partial charge < -0.3 is 10.6 Å². The summed E-state index contributed by atoms with van der Waals surface area (Å²) in [5, 5.41) is 12.6. The molecule has 2 aromatic rings. The molecule has 24 heavy (non-hydrogen) atoms. The van der Waals surface area contributed by atoms with Crippen molar-refractivity contribution in [3.63, 3.8) is 0 Å². The fraction of sp³-hybridized carbons (Fsp3) is 0.267.